The fraction of sp³-hybridized carbons (Fsp3) is 0.273. The van der Waals surface area contributed by atoms with Gasteiger partial charge in [-0.25, -0.2) is 4.99 Å². The maximum atomic E-state index is 12.4. The topological polar surface area (TPSA) is 69.2 Å². The molecule has 0 atom stereocenters. The van der Waals surface area contributed by atoms with Crippen molar-refractivity contribution in [2.24, 2.45) is 4.99 Å². The second kappa shape index (κ2) is 9.52. The van der Waals surface area contributed by atoms with Crippen molar-refractivity contribution in [1.82, 2.24) is 5.32 Å². The summed E-state index contributed by atoms with van der Waals surface area (Å²) in [5.74, 6) is 1.81. The van der Waals surface area contributed by atoms with Crippen LogP contribution in [0.2, 0.25) is 0 Å². The van der Waals surface area contributed by atoms with Crippen LogP contribution in [0.4, 0.5) is 5.69 Å². The number of carbonyl (C=O) groups excluding carboxylic acids is 1. The Morgan fingerprint density at radius 2 is 1.76 bits per heavy atom. The highest BCUT2D eigenvalue weighted by Crippen LogP contribution is 2.34. The summed E-state index contributed by atoms with van der Waals surface area (Å²) >= 11 is 1.29. The third-order valence-corrected chi connectivity index (χ3v) is 4.98. The van der Waals surface area contributed by atoms with Gasteiger partial charge in [-0.3, -0.25) is 4.79 Å². The number of hydrogen-bond acceptors (Lipinski definition) is 6. The number of hydrogen-bond donors (Lipinski definition) is 1. The van der Waals surface area contributed by atoms with Crippen LogP contribution < -0.4 is 19.5 Å². The lowest BCUT2D eigenvalue weighted by molar-refractivity contribution is -0.115. The van der Waals surface area contributed by atoms with Crippen molar-refractivity contribution in [2.45, 2.75) is 20.8 Å². The molecule has 1 saturated heterocycles. The van der Waals surface area contributed by atoms with E-state index >= 15 is 0 Å². The summed E-state index contributed by atoms with van der Waals surface area (Å²) in [7, 11) is 1.60. The van der Waals surface area contributed by atoms with Gasteiger partial charge in [-0.1, -0.05) is 12.1 Å². The molecule has 0 saturated carbocycles. The third kappa shape index (κ3) is 5.12. The fourth-order valence-electron chi connectivity index (χ4n) is 2.79. The molecule has 0 spiro atoms. The summed E-state index contributed by atoms with van der Waals surface area (Å²) in [6, 6.07) is 11.4. The largest absolute Gasteiger partial charge is 0.494 e. The van der Waals surface area contributed by atoms with Gasteiger partial charge in [0.05, 0.1) is 25.2 Å². The highest BCUT2D eigenvalue weighted by atomic mass is 32.2. The second-order valence-electron chi connectivity index (χ2n) is 6.23. The van der Waals surface area contributed by atoms with Crippen LogP contribution in [0, 0.1) is 6.92 Å². The normalized spacial score (nSPS) is 16.2. The van der Waals surface area contributed by atoms with Gasteiger partial charge in [0.15, 0.2) is 16.7 Å². The molecule has 152 valence electrons. The SMILES string of the molecule is CCOc1ccc(/C=C2\SC(=Nc3cc(C)ccc3OC)NC2=O)cc1OCC. The molecular weight excluding hydrogens is 388 g/mol. The first-order valence-electron chi connectivity index (χ1n) is 9.38. The van der Waals surface area contributed by atoms with Crippen LogP contribution in [0.15, 0.2) is 46.3 Å². The highest BCUT2D eigenvalue weighted by Gasteiger charge is 2.24. The molecule has 0 bridgehead atoms. The second-order valence-corrected chi connectivity index (χ2v) is 7.26. The zero-order valence-electron chi connectivity index (χ0n) is 16.9. The molecule has 1 aliphatic heterocycles. The lowest BCUT2D eigenvalue weighted by Gasteiger charge is -2.11. The Bertz CT molecular complexity index is 969. The minimum atomic E-state index is -0.188. The maximum absolute atomic E-state index is 12.4. The minimum absolute atomic E-state index is 0.188. The Labute approximate surface area is 175 Å². The van der Waals surface area contributed by atoms with Crippen molar-refractivity contribution in [3.63, 3.8) is 0 Å². The molecule has 1 aliphatic rings. The van der Waals surface area contributed by atoms with E-state index in [9.17, 15) is 4.79 Å². The highest BCUT2D eigenvalue weighted by molar-refractivity contribution is 8.18. The molecule has 29 heavy (non-hydrogen) atoms. The Morgan fingerprint density at radius 1 is 1.03 bits per heavy atom. The third-order valence-electron chi connectivity index (χ3n) is 4.07. The summed E-state index contributed by atoms with van der Waals surface area (Å²) in [6.45, 7) is 6.92. The Kier molecular flexibility index (Phi) is 6.82. The first-order chi connectivity index (χ1) is 14.0. The number of thioether (sulfide) groups is 1. The van der Waals surface area contributed by atoms with E-state index in [-0.39, 0.29) is 5.91 Å². The van der Waals surface area contributed by atoms with E-state index in [2.05, 4.69) is 10.3 Å². The molecule has 0 unspecified atom stereocenters. The van der Waals surface area contributed by atoms with Crippen LogP contribution in [0.1, 0.15) is 25.0 Å². The molecule has 0 aliphatic carbocycles. The van der Waals surface area contributed by atoms with Crippen molar-refractivity contribution >= 4 is 34.6 Å². The molecule has 1 N–H and O–H groups in total. The summed E-state index contributed by atoms with van der Waals surface area (Å²) < 4.78 is 16.6. The molecule has 7 heteroatoms. The van der Waals surface area contributed by atoms with E-state index in [0.29, 0.717) is 46.2 Å². The molecule has 3 rings (SSSR count). The average Bonchev–Trinajstić information content (AvgIpc) is 3.03. The van der Waals surface area contributed by atoms with Gasteiger partial charge in [0.2, 0.25) is 0 Å². The first-order valence-corrected chi connectivity index (χ1v) is 10.2. The fourth-order valence-corrected chi connectivity index (χ4v) is 3.62. The molecule has 2 aromatic carbocycles. The molecule has 0 aromatic heterocycles. The summed E-state index contributed by atoms with van der Waals surface area (Å²) in [5.41, 5.74) is 2.59. The Morgan fingerprint density at radius 3 is 2.48 bits per heavy atom. The van der Waals surface area contributed by atoms with Crippen LogP contribution in [0.25, 0.3) is 6.08 Å². The first kappa shape index (κ1) is 20.8. The summed E-state index contributed by atoms with van der Waals surface area (Å²) in [5, 5.41) is 3.32. The Hall–Kier alpha value is -2.93. The number of methoxy groups -OCH3 is 1. The van der Waals surface area contributed by atoms with Crippen LogP contribution in [-0.4, -0.2) is 31.4 Å². The average molecular weight is 413 g/mol. The number of nitrogens with zero attached hydrogens (tertiary/aromatic N) is 1. The maximum Gasteiger partial charge on any atom is 0.264 e. The molecule has 1 amide bonds. The van der Waals surface area contributed by atoms with Gasteiger partial charge >= 0.3 is 0 Å². The Balaban J connectivity index is 1.86. The van der Waals surface area contributed by atoms with E-state index in [1.165, 1.54) is 11.8 Å². The molecule has 1 fully saturated rings. The van der Waals surface area contributed by atoms with E-state index in [0.717, 1.165) is 11.1 Å². The standard InChI is InChI=1S/C22H24N2O4S/c1-5-27-18-10-8-15(12-19(18)28-6-2)13-20-21(25)24-22(29-20)23-16-11-14(3)7-9-17(16)26-4/h7-13H,5-6H2,1-4H3,(H,23,24,25)/b20-13-. The number of nitrogens with one attached hydrogen (secondary N) is 1. The van der Waals surface area contributed by atoms with E-state index < -0.39 is 0 Å². The van der Waals surface area contributed by atoms with Gasteiger partial charge in [-0.15, -0.1) is 0 Å². The van der Waals surface area contributed by atoms with E-state index in [4.69, 9.17) is 14.2 Å². The smallest absolute Gasteiger partial charge is 0.264 e. The quantitative estimate of drug-likeness (QED) is 0.668. The van der Waals surface area contributed by atoms with Crippen LogP contribution >= 0.6 is 11.8 Å². The monoisotopic (exact) mass is 412 g/mol. The number of amides is 1. The number of benzene rings is 2. The number of aliphatic imine (C=N–C) groups is 1. The zero-order chi connectivity index (χ0) is 20.8. The van der Waals surface area contributed by atoms with E-state index in [1.807, 2.05) is 63.2 Å². The van der Waals surface area contributed by atoms with Crippen LogP contribution in [0.3, 0.4) is 0 Å². The minimum Gasteiger partial charge on any atom is -0.494 e. The van der Waals surface area contributed by atoms with Crippen molar-refractivity contribution < 1.29 is 19.0 Å². The number of ether oxygens (including phenoxy) is 3. The molecular formula is C22H24N2O4S. The molecule has 1 heterocycles. The number of carbonyl (C=O) groups is 1. The lowest BCUT2D eigenvalue weighted by Crippen LogP contribution is -2.19. The summed E-state index contributed by atoms with van der Waals surface area (Å²) in [6.07, 6.45) is 1.81. The number of aryl methyl sites for hydroxylation is 1. The van der Waals surface area contributed by atoms with Gasteiger partial charge in [0.25, 0.3) is 5.91 Å². The predicted molar refractivity (Wildman–Crippen MR) is 117 cm³/mol. The van der Waals surface area contributed by atoms with Gasteiger partial charge < -0.3 is 19.5 Å². The van der Waals surface area contributed by atoms with Crippen molar-refractivity contribution in [3.05, 3.63) is 52.4 Å². The van der Waals surface area contributed by atoms with Gasteiger partial charge in [-0.2, -0.15) is 0 Å². The lowest BCUT2D eigenvalue weighted by atomic mass is 10.2. The number of rotatable bonds is 7. The number of amidine groups is 1. The molecule has 2 aromatic rings. The van der Waals surface area contributed by atoms with Crippen LogP contribution in [-0.2, 0) is 4.79 Å². The van der Waals surface area contributed by atoms with Gasteiger partial charge in [-0.05, 0) is 74.0 Å². The van der Waals surface area contributed by atoms with Gasteiger partial charge in [0, 0.05) is 0 Å². The predicted octanol–water partition coefficient (Wildman–Crippen LogP) is 4.69. The van der Waals surface area contributed by atoms with Crippen LogP contribution in [0.5, 0.6) is 17.2 Å². The molecule has 0 radical (unpaired) electrons. The van der Waals surface area contributed by atoms with Crippen molar-refractivity contribution in [3.8, 4) is 17.2 Å². The zero-order valence-corrected chi connectivity index (χ0v) is 17.8. The molecule has 6 nitrogen and oxygen atoms in total. The van der Waals surface area contributed by atoms with E-state index in [1.54, 1.807) is 7.11 Å². The van der Waals surface area contributed by atoms with Crippen molar-refractivity contribution in [1.29, 1.82) is 0 Å². The summed E-state index contributed by atoms with van der Waals surface area (Å²) in [4.78, 5) is 17.5. The van der Waals surface area contributed by atoms with Gasteiger partial charge in [0.1, 0.15) is 11.4 Å². The van der Waals surface area contributed by atoms with Crippen molar-refractivity contribution in [2.75, 3.05) is 20.3 Å².